The van der Waals surface area contributed by atoms with E-state index < -0.39 is 54.3 Å². The Balaban J connectivity index is 1.62. The van der Waals surface area contributed by atoms with Crippen molar-refractivity contribution in [1.82, 2.24) is 10.3 Å². The molecule has 3 rings (SSSR count). The molecule has 1 aliphatic rings. The number of nitrogens with zero attached hydrogens (tertiary/aromatic N) is 1. The molecule has 1 aromatic heterocycles. The zero-order valence-electron chi connectivity index (χ0n) is 16.9. The van der Waals surface area contributed by atoms with Crippen LogP contribution in [0.1, 0.15) is 16.1 Å². The molecule has 1 aromatic carbocycles. The maximum absolute atomic E-state index is 12.5. The molecule has 182 valence electrons. The van der Waals surface area contributed by atoms with Gasteiger partial charge in [0.1, 0.15) is 25.8 Å². The number of nitrogens with one attached hydrogen (secondary N) is 2. The lowest BCUT2D eigenvalue weighted by molar-refractivity contribution is -0.243. The number of aliphatic hydroxyl groups is 1. The van der Waals surface area contributed by atoms with Gasteiger partial charge in [0.2, 0.25) is 0 Å². The number of carbonyl (C=O) groups is 2. The van der Waals surface area contributed by atoms with E-state index in [1.807, 2.05) is 0 Å². The number of H-pyrrole nitrogens is 1. The smallest absolute Gasteiger partial charge is 0.271 e. The number of aromatic nitrogens is 1. The lowest BCUT2D eigenvalue weighted by Crippen LogP contribution is -2.32. The number of hydrogen-bond acceptors (Lipinski definition) is 12. The molecule has 2 unspecified atom stereocenters. The summed E-state index contributed by atoms with van der Waals surface area (Å²) in [5.41, 5.74) is 7.03. The highest BCUT2D eigenvalue weighted by atomic mass is 31.2. The highest BCUT2D eigenvalue weighted by Gasteiger charge is 2.28. The summed E-state index contributed by atoms with van der Waals surface area (Å²) in [5, 5.41) is 11.8. The number of anilines is 1. The van der Waals surface area contributed by atoms with Crippen molar-refractivity contribution in [3.63, 3.8) is 0 Å². The van der Waals surface area contributed by atoms with Crippen LogP contribution in [-0.2, 0) is 38.4 Å². The van der Waals surface area contributed by atoms with Gasteiger partial charge in [0.05, 0.1) is 0 Å². The van der Waals surface area contributed by atoms with Gasteiger partial charge in [0, 0.05) is 23.1 Å². The molecule has 5 N–H and O–H groups in total. The van der Waals surface area contributed by atoms with Crippen LogP contribution in [0.2, 0.25) is 0 Å². The Kier molecular flexibility index (Phi) is 8.03. The predicted octanol–water partition coefficient (Wildman–Crippen LogP) is -1.39. The first-order valence-corrected chi connectivity index (χ1v) is 12.2. The summed E-state index contributed by atoms with van der Waals surface area (Å²) in [5.74, 6) is -1.19. The maximum Gasteiger partial charge on any atom is 0.271 e. The Morgan fingerprint density at radius 2 is 1.88 bits per heavy atom. The SMILES string of the molecule is NCOP(=O)([O-])OCOP(=O)([O-])OCC(=O)N1CCc2c1ccc1[nH]c(C(=O)NCO)cc21. The Morgan fingerprint density at radius 3 is 2.55 bits per heavy atom. The van der Waals surface area contributed by atoms with Crippen LogP contribution in [0.3, 0.4) is 0 Å². The second-order valence-electron chi connectivity index (χ2n) is 6.51. The average Bonchev–Trinajstić information content (AvgIpc) is 3.36. The molecular weight excluding hydrogens is 486 g/mol. The third-order valence-corrected chi connectivity index (χ3v) is 6.31. The van der Waals surface area contributed by atoms with Crippen LogP contribution in [0.15, 0.2) is 18.2 Å². The zero-order chi connectivity index (χ0) is 24.2. The van der Waals surface area contributed by atoms with Crippen molar-refractivity contribution in [3.8, 4) is 0 Å². The van der Waals surface area contributed by atoms with Gasteiger partial charge in [0.25, 0.3) is 27.5 Å². The topological polar surface area (TPSA) is 229 Å². The monoisotopic (exact) mass is 506 g/mol. The van der Waals surface area contributed by atoms with Crippen LogP contribution < -0.4 is 25.7 Å². The van der Waals surface area contributed by atoms with Gasteiger partial charge in [-0.15, -0.1) is 0 Å². The van der Waals surface area contributed by atoms with Crippen LogP contribution in [0, 0.1) is 0 Å². The molecule has 0 saturated heterocycles. The fraction of sp³-hybridized carbons (Fsp3) is 0.375. The van der Waals surface area contributed by atoms with Crippen LogP contribution in [-0.4, -0.2) is 55.3 Å². The minimum absolute atomic E-state index is 0.228. The van der Waals surface area contributed by atoms with Crippen molar-refractivity contribution >= 4 is 44.1 Å². The van der Waals surface area contributed by atoms with Gasteiger partial charge in [-0.1, -0.05) is 0 Å². The molecule has 2 amide bonds. The van der Waals surface area contributed by atoms with Crippen LogP contribution in [0.4, 0.5) is 5.69 Å². The largest absolute Gasteiger partial charge is 0.756 e. The molecule has 0 aliphatic carbocycles. The number of carbonyl (C=O) groups excluding carboxylic acids is 2. The van der Waals surface area contributed by atoms with Gasteiger partial charge in [-0.05, 0) is 30.2 Å². The quantitative estimate of drug-likeness (QED) is 0.204. The molecule has 1 aliphatic heterocycles. The summed E-state index contributed by atoms with van der Waals surface area (Å²) in [6, 6.07) is 4.88. The first-order chi connectivity index (χ1) is 15.6. The second-order valence-corrected chi connectivity index (χ2v) is 9.33. The number of phosphoric acid groups is 2. The Labute approximate surface area is 186 Å². The average molecular weight is 506 g/mol. The van der Waals surface area contributed by atoms with Gasteiger partial charge in [-0.25, -0.2) is 0 Å². The zero-order valence-corrected chi connectivity index (χ0v) is 18.7. The van der Waals surface area contributed by atoms with Crippen LogP contribution >= 0.6 is 15.6 Å². The molecule has 0 radical (unpaired) electrons. The summed E-state index contributed by atoms with van der Waals surface area (Å²) >= 11 is 0. The van der Waals surface area contributed by atoms with Gasteiger partial charge >= 0.3 is 0 Å². The van der Waals surface area contributed by atoms with Crippen LogP contribution in [0.5, 0.6) is 0 Å². The molecule has 2 heterocycles. The van der Waals surface area contributed by atoms with Gasteiger partial charge in [-0.2, -0.15) is 0 Å². The van der Waals surface area contributed by atoms with Crippen LogP contribution in [0.25, 0.3) is 10.9 Å². The number of phosphoric ester groups is 2. The number of rotatable bonds is 11. The normalized spacial score (nSPS) is 16.9. The van der Waals surface area contributed by atoms with E-state index in [9.17, 15) is 28.5 Å². The third kappa shape index (κ3) is 6.25. The molecule has 15 nitrogen and oxygen atoms in total. The van der Waals surface area contributed by atoms with E-state index in [0.29, 0.717) is 23.0 Å². The van der Waals surface area contributed by atoms with Crippen molar-refractivity contribution < 1.29 is 51.7 Å². The van der Waals surface area contributed by atoms with Gasteiger partial charge in [0.15, 0.2) is 6.79 Å². The Morgan fingerprint density at radius 1 is 1.18 bits per heavy atom. The van der Waals surface area contributed by atoms with Crippen molar-refractivity contribution in [2.45, 2.75) is 6.42 Å². The fourth-order valence-electron chi connectivity index (χ4n) is 3.19. The van der Waals surface area contributed by atoms with Gasteiger partial charge < -0.3 is 44.9 Å². The van der Waals surface area contributed by atoms with E-state index in [4.69, 9.17) is 10.8 Å². The molecule has 33 heavy (non-hydrogen) atoms. The summed E-state index contributed by atoms with van der Waals surface area (Å²) in [6.45, 7) is -3.14. The Bertz CT molecular complexity index is 1140. The summed E-state index contributed by atoms with van der Waals surface area (Å²) < 4.78 is 39.8. The highest BCUT2D eigenvalue weighted by molar-refractivity contribution is 7.46. The van der Waals surface area contributed by atoms with Crippen molar-refractivity contribution in [2.75, 3.05) is 38.3 Å². The first kappa shape index (κ1) is 25.5. The maximum atomic E-state index is 12.5. The van der Waals surface area contributed by atoms with E-state index >= 15 is 0 Å². The van der Waals surface area contributed by atoms with E-state index in [1.54, 1.807) is 18.2 Å². The summed E-state index contributed by atoms with van der Waals surface area (Å²) in [6.07, 6.45) is 0.441. The predicted molar refractivity (Wildman–Crippen MR) is 107 cm³/mol. The number of nitrogens with two attached hydrogens (primary N) is 1. The molecule has 0 spiro atoms. The number of hydrogen-bond donors (Lipinski definition) is 4. The van der Waals surface area contributed by atoms with Gasteiger partial charge in [-0.3, -0.25) is 27.8 Å². The molecule has 17 heteroatoms. The van der Waals surface area contributed by atoms with Crippen molar-refractivity contribution in [3.05, 3.63) is 29.5 Å². The molecule has 2 atom stereocenters. The molecule has 2 aromatic rings. The minimum atomic E-state index is -5.07. The number of fused-ring (bicyclic) bond motifs is 3. The second kappa shape index (κ2) is 10.4. The van der Waals surface area contributed by atoms with E-state index in [0.717, 1.165) is 5.56 Å². The number of aromatic amines is 1. The highest BCUT2D eigenvalue weighted by Crippen LogP contribution is 2.43. The van der Waals surface area contributed by atoms with Crippen molar-refractivity contribution in [2.24, 2.45) is 5.73 Å². The minimum Gasteiger partial charge on any atom is -0.756 e. The lowest BCUT2D eigenvalue weighted by Gasteiger charge is -2.26. The molecule has 0 fully saturated rings. The lowest BCUT2D eigenvalue weighted by atomic mass is 10.1. The molecule has 0 bridgehead atoms. The summed E-state index contributed by atoms with van der Waals surface area (Å²) in [7, 11) is -9.90. The number of aliphatic hydroxyl groups excluding tert-OH is 1. The number of amides is 2. The van der Waals surface area contributed by atoms with E-state index in [-0.39, 0.29) is 12.2 Å². The third-order valence-electron chi connectivity index (χ3n) is 4.55. The first-order valence-electron chi connectivity index (χ1n) is 9.31. The Hall–Kier alpha value is -2.16. The number of benzene rings is 1. The molecular formula is C16H20N4O11P2-2. The summed E-state index contributed by atoms with van der Waals surface area (Å²) in [4.78, 5) is 51.6. The fourth-order valence-corrected chi connectivity index (χ4v) is 4.24. The standard InChI is InChI=1S/C16H22N4O11P2/c17-7-29-33(26,27)31-9-30-32(24,25)28-6-15(22)20-4-3-10-11-5-13(16(23)18-8-21)19-12(11)1-2-14(10)20/h1-2,5,19,21H,3-4,6-9,17H2,(H,18,23)(H,24,25)(H,26,27)/p-2. The molecule has 0 saturated carbocycles. The van der Waals surface area contributed by atoms with Crippen molar-refractivity contribution in [1.29, 1.82) is 0 Å². The van der Waals surface area contributed by atoms with E-state index in [2.05, 4.69) is 28.4 Å². The van der Waals surface area contributed by atoms with E-state index in [1.165, 1.54) is 4.90 Å².